The molecule has 37 heavy (non-hydrogen) atoms. The van der Waals surface area contributed by atoms with Crippen molar-refractivity contribution in [1.29, 1.82) is 0 Å². The second kappa shape index (κ2) is 9.52. The van der Waals surface area contributed by atoms with Crippen LogP contribution in [0.5, 0.6) is 0 Å². The van der Waals surface area contributed by atoms with E-state index in [0.29, 0.717) is 24.2 Å². The largest absolute Gasteiger partial charge is 0.390 e. The Bertz CT molecular complexity index is 1360. The van der Waals surface area contributed by atoms with Crippen molar-refractivity contribution in [2.45, 2.75) is 64.2 Å². The van der Waals surface area contributed by atoms with Crippen LogP contribution < -0.4 is 15.9 Å². The number of aryl methyl sites for hydroxylation is 2. The van der Waals surface area contributed by atoms with Crippen molar-refractivity contribution in [3.63, 3.8) is 0 Å². The number of alkyl halides is 2. The first-order valence-electron chi connectivity index (χ1n) is 12.1. The lowest BCUT2D eigenvalue weighted by Crippen LogP contribution is -2.55. The quantitative estimate of drug-likeness (QED) is 0.418. The molecule has 9 nitrogen and oxygen atoms in total. The smallest absolute Gasteiger partial charge is 0.328 e. The van der Waals surface area contributed by atoms with Crippen LogP contribution in [0.1, 0.15) is 40.5 Å². The molecule has 0 saturated carbocycles. The molecule has 3 heterocycles. The summed E-state index contributed by atoms with van der Waals surface area (Å²) in [4.78, 5) is 23.1. The Morgan fingerprint density at radius 3 is 2.57 bits per heavy atom. The van der Waals surface area contributed by atoms with E-state index in [1.807, 2.05) is 0 Å². The van der Waals surface area contributed by atoms with Crippen LogP contribution >= 0.6 is 11.6 Å². The number of benzene rings is 1. The molecule has 1 saturated heterocycles. The van der Waals surface area contributed by atoms with Crippen molar-refractivity contribution >= 4 is 40.1 Å². The summed E-state index contributed by atoms with van der Waals surface area (Å²) in [5.74, 6) is -3.79. The maximum atomic E-state index is 14.5. The number of hydrogen-bond donors (Lipinski definition) is 3. The summed E-state index contributed by atoms with van der Waals surface area (Å²) in [5, 5.41) is 23.8. The molecule has 0 aliphatic carbocycles. The molecule has 0 radical (unpaired) electrons. The van der Waals surface area contributed by atoms with Crippen LogP contribution in [0.2, 0.25) is 5.02 Å². The summed E-state index contributed by atoms with van der Waals surface area (Å²) in [5.41, 5.74) is -0.679. The second-order valence-corrected chi connectivity index (χ2v) is 11.3. The highest BCUT2D eigenvalue weighted by atomic mass is 35.5. The van der Waals surface area contributed by atoms with Crippen LogP contribution in [0, 0.1) is 5.92 Å². The molecule has 2 aromatic heterocycles. The van der Waals surface area contributed by atoms with Gasteiger partial charge >= 0.3 is 5.69 Å². The standard InChI is InChI=1S/C25H33ClF2N6O3/c1-23(2,36)8-11-34-18-12-15(6-7-17(18)32(5)22(34)35)30-20-16(26)13-29-21(31-20)33-10-9-25(27,28)19(14-33)24(3,4)37/h6-7,12-13,19,36-37H,8-11,14H2,1-5H3,(H,29,30,31). The SMILES string of the molecule is Cn1c(=O)n(CCC(C)(C)O)c2cc(Nc3nc(N4CCC(F)(F)C(C(C)(C)O)C4)ncc3Cl)ccc21. The average Bonchev–Trinajstić information content (AvgIpc) is 3.01. The minimum absolute atomic E-state index is 0.0319. The number of nitrogens with one attached hydrogen (secondary N) is 1. The van der Waals surface area contributed by atoms with Crippen LogP contribution in [-0.2, 0) is 13.6 Å². The van der Waals surface area contributed by atoms with Crippen LogP contribution in [0.4, 0.5) is 26.2 Å². The molecule has 3 aromatic rings. The fourth-order valence-corrected chi connectivity index (χ4v) is 4.79. The molecule has 1 aliphatic rings. The van der Waals surface area contributed by atoms with E-state index in [4.69, 9.17) is 11.6 Å². The number of hydrogen-bond acceptors (Lipinski definition) is 7. The summed E-state index contributed by atoms with van der Waals surface area (Å²) < 4.78 is 32.1. The fourth-order valence-electron chi connectivity index (χ4n) is 4.65. The van der Waals surface area contributed by atoms with Gasteiger partial charge in [-0.15, -0.1) is 0 Å². The van der Waals surface area contributed by atoms with Crippen molar-refractivity contribution < 1.29 is 19.0 Å². The average molecular weight is 539 g/mol. The van der Waals surface area contributed by atoms with Gasteiger partial charge in [-0.2, -0.15) is 4.98 Å². The summed E-state index contributed by atoms with van der Waals surface area (Å²) in [6.07, 6.45) is 1.37. The molecule has 0 spiro atoms. The number of nitrogens with zero attached hydrogens (tertiary/aromatic N) is 5. The predicted octanol–water partition coefficient (Wildman–Crippen LogP) is 3.92. The molecule has 1 aromatic carbocycles. The summed E-state index contributed by atoms with van der Waals surface area (Å²) in [6, 6.07) is 5.38. The van der Waals surface area contributed by atoms with E-state index >= 15 is 0 Å². The zero-order valence-electron chi connectivity index (χ0n) is 21.6. The van der Waals surface area contributed by atoms with Gasteiger partial charge in [-0.05, 0) is 52.3 Å². The second-order valence-electron chi connectivity index (χ2n) is 10.9. The van der Waals surface area contributed by atoms with Crippen molar-refractivity contribution in [3.05, 3.63) is 39.9 Å². The Hall–Kier alpha value is -2.76. The van der Waals surface area contributed by atoms with E-state index < -0.39 is 29.5 Å². The van der Waals surface area contributed by atoms with Crippen molar-refractivity contribution in [2.24, 2.45) is 13.0 Å². The van der Waals surface area contributed by atoms with Gasteiger partial charge in [-0.1, -0.05) is 11.6 Å². The van der Waals surface area contributed by atoms with Crippen LogP contribution in [0.15, 0.2) is 29.2 Å². The number of rotatable bonds is 7. The fraction of sp³-hybridized carbons (Fsp3) is 0.560. The number of piperidine rings is 1. The Kier molecular flexibility index (Phi) is 7.02. The zero-order valence-corrected chi connectivity index (χ0v) is 22.4. The third kappa shape index (κ3) is 5.73. The van der Waals surface area contributed by atoms with Crippen LogP contribution in [0.3, 0.4) is 0 Å². The third-order valence-corrected chi connectivity index (χ3v) is 7.13. The minimum Gasteiger partial charge on any atom is -0.390 e. The highest BCUT2D eigenvalue weighted by Gasteiger charge is 2.51. The molecule has 202 valence electrons. The molecule has 0 bridgehead atoms. The molecule has 1 atom stereocenters. The van der Waals surface area contributed by atoms with Gasteiger partial charge in [0.15, 0.2) is 5.82 Å². The van der Waals surface area contributed by atoms with Gasteiger partial charge < -0.3 is 20.4 Å². The monoisotopic (exact) mass is 538 g/mol. The topological polar surface area (TPSA) is 108 Å². The molecule has 12 heteroatoms. The number of aromatic nitrogens is 4. The molecule has 1 aliphatic heterocycles. The molecule has 0 amide bonds. The summed E-state index contributed by atoms with van der Waals surface area (Å²) >= 11 is 6.36. The van der Waals surface area contributed by atoms with Crippen molar-refractivity contribution in [1.82, 2.24) is 19.1 Å². The lowest BCUT2D eigenvalue weighted by molar-refractivity contribution is -0.144. The van der Waals surface area contributed by atoms with Gasteiger partial charge in [0.2, 0.25) is 5.95 Å². The van der Waals surface area contributed by atoms with E-state index in [0.717, 1.165) is 5.52 Å². The van der Waals surface area contributed by atoms with E-state index in [-0.39, 0.29) is 35.6 Å². The van der Waals surface area contributed by atoms with Gasteiger partial charge in [-0.3, -0.25) is 9.13 Å². The first-order chi connectivity index (χ1) is 17.1. The van der Waals surface area contributed by atoms with E-state index in [1.165, 1.54) is 20.0 Å². The van der Waals surface area contributed by atoms with E-state index in [9.17, 15) is 23.8 Å². The minimum atomic E-state index is -3.01. The number of fused-ring (bicyclic) bond motifs is 1. The van der Waals surface area contributed by atoms with E-state index in [1.54, 1.807) is 53.1 Å². The number of halogens is 3. The van der Waals surface area contributed by atoms with Gasteiger partial charge in [0.25, 0.3) is 5.92 Å². The van der Waals surface area contributed by atoms with Gasteiger partial charge in [0.1, 0.15) is 5.02 Å². The Balaban J connectivity index is 1.63. The normalized spacial score (nSPS) is 18.4. The lowest BCUT2D eigenvalue weighted by atomic mass is 9.81. The number of anilines is 3. The van der Waals surface area contributed by atoms with Crippen LogP contribution in [0.25, 0.3) is 11.0 Å². The molecular formula is C25H33ClF2N6O3. The molecule has 4 rings (SSSR count). The Morgan fingerprint density at radius 2 is 1.92 bits per heavy atom. The lowest BCUT2D eigenvalue weighted by Gasteiger charge is -2.43. The number of aliphatic hydroxyl groups is 2. The van der Waals surface area contributed by atoms with Gasteiger partial charge in [0.05, 0.1) is 34.4 Å². The Labute approximate surface area is 218 Å². The third-order valence-electron chi connectivity index (χ3n) is 6.85. The molecule has 3 N–H and O–H groups in total. The summed E-state index contributed by atoms with van der Waals surface area (Å²) in [6.45, 7) is 6.40. The van der Waals surface area contributed by atoms with Crippen molar-refractivity contribution in [2.75, 3.05) is 23.3 Å². The Morgan fingerprint density at radius 1 is 1.22 bits per heavy atom. The molecule has 1 fully saturated rings. The van der Waals surface area contributed by atoms with Gasteiger partial charge in [0, 0.05) is 38.8 Å². The highest BCUT2D eigenvalue weighted by Crippen LogP contribution is 2.40. The molecule has 1 unspecified atom stereocenters. The molecular weight excluding hydrogens is 506 g/mol. The first kappa shape index (κ1) is 27.3. The predicted molar refractivity (Wildman–Crippen MR) is 140 cm³/mol. The number of imidazole rings is 1. The van der Waals surface area contributed by atoms with Crippen LogP contribution in [-0.4, -0.2) is 59.5 Å². The maximum absolute atomic E-state index is 14.5. The van der Waals surface area contributed by atoms with Crippen molar-refractivity contribution in [3.8, 4) is 0 Å². The summed E-state index contributed by atoms with van der Waals surface area (Å²) in [7, 11) is 1.69. The highest BCUT2D eigenvalue weighted by molar-refractivity contribution is 6.32. The first-order valence-corrected chi connectivity index (χ1v) is 12.5. The zero-order chi connectivity index (χ0) is 27.3. The maximum Gasteiger partial charge on any atom is 0.328 e. The van der Waals surface area contributed by atoms with Gasteiger partial charge in [-0.25, -0.2) is 18.6 Å². The van der Waals surface area contributed by atoms with E-state index in [2.05, 4.69) is 15.3 Å².